The fraction of sp³-hybridized carbons (Fsp3) is 0.143. The summed E-state index contributed by atoms with van der Waals surface area (Å²) >= 11 is 1.28. The third kappa shape index (κ3) is 3.70. The highest BCUT2D eigenvalue weighted by molar-refractivity contribution is 7.18. The molecule has 0 saturated heterocycles. The molecule has 0 spiro atoms. The molecule has 1 aliphatic rings. The highest BCUT2D eigenvalue weighted by atomic mass is 32.1. The molecule has 0 saturated carbocycles. The average Bonchev–Trinajstić information content (AvgIpc) is 3.34. The number of nitrogens with one attached hydrogen (secondary N) is 1. The fourth-order valence-electron chi connectivity index (χ4n) is 2.90. The second-order valence-corrected chi connectivity index (χ2v) is 7.18. The van der Waals surface area contributed by atoms with Crippen LogP contribution in [0.3, 0.4) is 0 Å². The molecule has 0 atom stereocenters. The zero-order chi connectivity index (χ0) is 19.5. The summed E-state index contributed by atoms with van der Waals surface area (Å²) in [5, 5.41) is 2.83. The molecule has 1 amide bonds. The molecular weight excluding hydrogens is 378 g/mol. The standard InChI is InChI=1S/C21H17NO5S/c1-25-21(24)20-15(11-18(28-20)14-5-3-2-4-6-14)22-19(23)10-13-7-8-16-17(9-13)27-12-26-16/h2-9,11H,10,12H2,1H3,(H,22,23). The van der Waals surface area contributed by atoms with Crippen LogP contribution in [-0.4, -0.2) is 25.8 Å². The first-order valence-corrected chi connectivity index (χ1v) is 9.41. The molecule has 7 heteroatoms. The molecular formula is C21H17NO5S. The molecule has 0 radical (unpaired) electrons. The van der Waals surface area contributed by atoms with Crippen LogP contribution in [0, 0.1) is 0 Å². The van der Waals surface area contributed by atoms with E-state index in [2.05, 4.69) is 5.32 Å². The maximum absolute atomic E-state index is 12.6. The van der Waals surface area contributed by atoms with Crippen molar-refractivity contribution in [1.82, 2.24) is 0 Å². The highest BCUT2D eigenvalue weighted by Crippen LogP contribution is 2.36. The Morgan fingerprint density at radius 3 is 2.64 bits per heavy atom. The minimum absolute atomic E-state index is 0.147. The predicted molar refractivity (Wildman–Crippen MR) is 106 cm³/mol. The van der Waals surface area contributed by atoms with Crippen LogP contribution in [0.4, 0.5) is 5.69 Å². The third-order valence-electron chi connectivity index (χ3n) is 4.24. The van der Waals surface area contributed by atoms with Crippen molar-refractivity contribution in [2.75, 3.05) is 19.2 Å². The number of rotatable bonds is 5. The Labute approximate surface area is 165 Å². The molecule has 4 rings (SSSR count). The van der Waals surface area contributed by atoms with Crippen molar-refractivity contribution in [1.29, 1.82) is 0 Å². The highest BCUT2D eigenvalue weighted by Gasteiger charge is 2.20. The predicted octanol–water partition coefficient (Wildman–Crippen LogP) is 4.11. The van der Waals surface area contributed by atoms with Crippen molar-refractivity contribution in [2.45, 2.75) is 6.42 Å². The second-order valence-electron chi connectivity index (χ2n) is 6.12. The van der Waals surface area contributed by atoms with Gasteiger partial charge in [-0.25, -0.2) is 4.79 Å². The summed E-state index contributed by atoms with van der Waals surface area (Å²) in [7, 11) is 1.32. The molecule has 1 aliphatic heterocycles. The molecule has 6 nitrogen and oxygen atoms in total. The monoisotopic (exact) mass is 395 g/mol. The van der Waals surface area contributed by atoms with E-state index in [0.717, 1.165) is 16.0 Å². The van der Waals surface area contributed by atoms with Gasteiger partial charge in [0, 0.05) is 4.88 Å². The lowest BCUT2D eigenvalue weighted by atomic mass is 10.1. The SMILES string of the molecule is COC(=O)c1sc(-c2ccccc2)cc1NC(=O)Cc1ccc2c(c1)OCO2. The molecule has 28 heavy (non-hydrogen) atoms. The summed E-state index contributed by atoms with van der Waals surface area (Å²) < 4.78 is 15.5. The van der Waals surface area contributed by atoms with E-state index in [9.17, 15) is 9.59 Å². The van der Waals surface area contributed by atoms with Gasteiger partial charge in [0.1, 0.15) is 4.88 Å². The Bertz CT molecular complexity index is 1030. The van der Waals surface area contributed by atoms with E-state index < -0.39 is 5.97 Å². The van der Waals surface area contributed by atoms with E-state index in [-0.39, 0.29) is 19.1 Å². The first-order chi connectivity index (χ1) is 13.6. The van der Waals surface area contributed by atoms with Gasteiger partial charge in [-0.1, -0.05) is 36.4 Å². The smallest absolute Gasteiger partial charge is 0.350 e. The largest absolute Gasteiger partial charge is 0.465 e. The van der Waals surface area contributed by atoms with Crippen LogP contribution in [0.1, 0.15) is 15.2 Å². The van der Waals surface area contributed by atoms with Gasteiger partial charge < -0.3 is 19.5 Å². The molecule has 0 bridgehead atoms. The van der Waals surface area contributed by atoms with Gasteiger partial charge in [0.25, 0.3) is 0 Å². The van der Waals surface area contributed by atoms with Crippen LogP contribution in [0.15, 0.2) is 54.6 Å². The van der Waals surface area contributed by atoms with Crippen molar-refractivity contribution in [3.63, 3.8) is 0 Å². The topological polar surface area (TPSA) is 73.9 Å². The molecule has 1 aromatic heterocycles. The minimum Gasteiger partial charge on any atom is -0.465 e. The summed E-state index contributed by atoms with van der Waals surface area (Å²) in [5.41, 5.74) is 2.20. The first-order valence-electron chi connectivity index (χ1n) is 8.60. The number of benzene rings is 2. The van der Waals surface area contributed by atoms with Gasteiger partial charge in [0.2, 0.25) is 12.7 Å². The molecule has 0 unspecified atom stereocenters. The summed E-state index contributed by atoms with van der Waals surface area (Å²) in [6.45, 7) is 0.185. The summed E-state index contributed by atoms with van der Waals surface area (Å²) in [4.78, 5) is 25.9. The third-order valence-corrected chi connectivity index (χ3v) is 5.40. The molecule has 0 fully saturated rings. The van der Waals surface area contributed by atoms with Gasteiger partial charge in [-0.15, -0.1) is 11.3 Å². The van der Waals surface area contributed by atoms with Gasteiger partial charge >= 0.3 is 5.97 Å². The number of methoxy groups -OCH3 is 1. The Balaban J connectivity index is 1.55. The number of carbonyl (C=O) groups is 2. The fourth-order valence-corrected chi connectivity index (χ4v) is 3.94. The lowest BCUT2D eigenvalue weighted by molar-refractivity contribution is -0.115. The van der Waals surface area contributed by atoms with Crippen molar-refractivity contribution in [3.05, 3.63) is 65.0 Å². The van der Waals surface area contributed by atoms with Crippen LogP contribution < -0.4 is 14.8 Å². The Morgan fingerprint density at radius 2 is 1.86 bits per heavy atom. The van der Waals surface area contributed by atoms with Gasteiger partial charge in [0.15, 0.2) is 11.5 Å². The lowest BCUT2D eigenvalue weighted by Crippen LogP contribution is -2.16. The van der Waals surface area contributed by atoms with Crippen molar-refractivity contribution < 1.29 is 23.8 Å². The number of hydrogen-bond acceptors (Lipinski definition) is 6. The van der Waals surface area contributed by atoms with Crippen LogP contribution in [0.25, 0.3) is 10.4 Å². The van der Waals surface area contributed by atoms with Crippen LogP contribution in [0.2, 0.25) is 0 Å². The lowest BCUT2D eigenvalue weighted by Gasteiger charge is -2.06. The maximum atomic E-state index is 12.6. The van der Waals surface area contributed by atoms with E-state index in [1.807, 2.05) is 36.4 Å². The Kier molecular flexibility index (Phi) is 4.99. The van der Waals surface area contributed by atoms with Crippen molar-refractivity contribution in [2.24, 2.45) is 0 Å². The van der Waals surface area contributed by atoms with E-state index in [1.165, 1.54) is 18.4 Å². The number of thiophene rings is 1. The molecule has 2 aromatic carbocycles. The van der Waals surface area contributed by atoms with E-state index >= 15 is 0 Å². The number of fused-ring (bicyclic) bond motifs is 1. The minimum atomic E-state index is -0.481. The van der Waals surface area contributed by atoms with Gasteiger partial charge in [0.05, 0.1) is 19.2 Å². The zero-order valence-electron chi connectivity index (χ0n) is 15.1. The summed E-state index contributed by atoms with van der Waals surface area (Å²) in [5.74, 6) is 0.580. The number of ether oxygens (including phenoxy) is 3. The van der Waals surface area contributed by atoms with Crippen LogP contribution in [-0.2, 0) is 16.0 Å². The quantitative estimate of drug-likeness (QED) is 0.658. The first kappa shape index (κ1) is 18.1. The van der Waals surface area contributed by atoms with Crippen molar-refractivity contribution in [3.8, 4) is 21.9 Å². The van der Waals surface area contributed by atoms with E-state index in [1.54, 1.807) is 18.2 Å². The van der Waals surface area contributed by atoms with Crippen molar-refractivity contribution >= 4 is 28.9 Å². The van der Waals surface area contributed by atoms with E-state index in [0.29, 0.717) is 22.1 Å². The number of esters is 1. The normalized spacial score (nSPS) is 11.9. The summed E-state index contributed by atoms with van der Waals surface area (Å²) in [6.07, 6.45) is 0.147. The van der Waals surface area contributed by atoms with E-state index in [4.69, 9.17) is 14.2 Å². The number of hydrogen-bond donors (Lipinski definition) is 1. The van der Waals surface area contributed by atoms with Gasteiger partial charge in [-0.05, 0) is 29.3 Å². The maximum Gasteiger partial charge on any atom is 0.350 e. The average molecular weight is 395 g/mol. The number of anilines is 1. The number of carbonyl (C=O) groups excluding carboxylic acids is 2. The number of amides is 1. The molecule has 2 heterocycles. The van der Waals surface area contributed by atoms with Crippen LogP contribution in [0.5, 0.6) is 11.5 Å². The second kappa shape index (κ2) is 7.74. The Morgan fingerprint density at radius 1 is 1.07 bits per heavy atom. The van der Waals surface area contributed by atoms with Gasteiger partial charge in [-0.2, -0.15) is 0 Å². The Hall–Kier alpha value is -3.32. The molecule has 0 aliphatic carbocycles. The molecule has 142 valence electrons. The van der Waals surface area contributed by atoms with Crippen LogP contribution >= 0.6 is 11.3 Å². The zero-order valence-corrected chi connectivity index (χ0v) is 15.9. The molecule has 3 aromatic rings. The summed E-state index contributed by atoms with van der Waals surface area (Å²) in [6, 6.07) is 16.8. The molecule has 1 N–H and O–H groups in total. The van der Waals surface area contributed by atoms with Gasteiger partial charge in [-0.3, -0.25) is 4.79 Å².